The molecule has 0 radical (unpaired) electrons. The summed E-state index contributed by atoms with van der Waals surface area (Å²) in [5.74, 6) is -1.46. The highest BCUT2D eigenvalue weighted by Crippen LogP contribution is 2.21. The van der Waals surface area contributed by atoms with Crippen LogP contribution in [-0.2, 0) is 23.9 Å². The van der Waals surface area contributed by atoms with Crippen molar-refractivity contribution < 1.29 is 23.9 Å². The summed E-state index contributed by atoms with van der Waals surface area (Å²) in [6, 6.07) is 8.98. The molecule has 0 bridgehead atoms. The van der Waals surface area contributed by atoms with Crippen LogP contribution in [0.15, 0.2) is 41.8 Å². The fourth-order valence-electron chi connectivity index (χ4n) is 2.09. The monoisotopic (exact) mass is 346 g/mol. The van der Waals surface area contributed by atoms with Crippen LogP contribution in [-0.4, -0.2) is 36.9 Å². The van der Waals surface area contributed by atoms with E-state index in [4.69, 9.17) is 9.47 Å². The van der Waals surface area contributed by atoms with Gasteiger partial charge in [0.1, 0.15) is 0 Å². The van der Waals surface area contributed by atoms with Gasteiger partial charge in [-0.3, -0.25) is 9.59 Å². The molecule has 1 aromatic rings. The topological polar surface area (TPSA) is 93.7 Å². The van der Waals surface area contributed by atoms with E-state index in [1.54, 1.807) is 24.3 Å². The number of carbonyl (C=O) groups is 3. The first kappa shape index (κ1) is 18.5. The number of Topliss-reactive ketones (excluding diaryl/α,β-unsaturated/α-hetero) is 1. The Bertz CT molecular complexity index is 682. The van der Waals surface area contributed by atoms with Gasteiger partial charge in [0, 0.05) is 12.2 Å². The molecule has 0 saturated carbocycles. The highest BCUT2D eigenvalue weighted by Gasteiger charge is 2.34. The van der Waals surface area contributed by atoms with Crippen molar-refractivity contribution in [3.05, 3.63) is 41.8 Å². The van der Waals surface area contributed by atoms with Crippen molar-refractivity contribution in [1.82, 2.24) is 5.32 Å². The summed E-state index contributed by atoms with van der Waals surface area (Å²) in [5, 5.41) is 5.56. The lowest BCUT2D eigenvalue weighted by atomic mass is 10.2. The van der Waals surface area contributed by atoms with E-state index in [1.165, 1.54) is 6.92 Å². The second-order valence-corrected chi connectivity index (χ2v) is 6.09. The molecular weight excluding hydrogens is 324 g/mol. The summed E-state index contributed by atoms with van der Waals surface area (Å²) in [5.41, 5.74) is 0.451. The average molecular weight is 346 g/mol. The average Bonchev–Trinajstić information content (AvgIpc) is 2.93. The summed E-state index contributed by atoms with van der Waals surface area (Å²) in [7, 11) is 0. The van der Waals surface area contributed by atoms with E-state index in [9.17, 15) is 14.4 Å². The van der Waals surface area contributed by atoms with E-state index in [-0.39, 0.29) is 24.0 Å². The van der Waals surface area contributed by atoms with Crippen molar-refractivity contribution in [3.8, 4) is 0 Å². The van der Waals surface area contributed by atoms with Gasteiger partial charge >= 0.3 is 5.97 Å². The van der Waals surface area contributed by atoms with Gasteiger partial charge in [0.25, 0.3) is 5.91 Å². The predicted octanol–water partition coefficient (Wildman–Crippen LogP) is 1.61. The Hall–Kier alpha value is -2.83. The number of amides is 1. The van der Waals surface area contributed by atoms with Gasteiger partial charge in [0.2, 0.25) is 11.7 Å². The van der Waals surface area contributed by atoms with Crippen molar-refractivity contribution >= 4 is 23.3 Å². The maximum atomic E-state index is 12.3. The Kier molecular flexibility index (Phi) is 6.16. The number of rotatable bonds is 7. The van der Waals surface area contributed by atoms with Gasteiger partial charge in [-0.1, -0.05) is 32.0 Å². The van der Waals surface area contributed by atoms with Crippen molar-refractivity contribution in [2.45, 2.75) is 26.9 Å². The van der Waals surface area contributed by atoms with Crippen LogP contribution >= 0.6 is 0 Å². The molecule has 1 amide bonds. The maximum Gasteiger partial charge on any atom is 0.348 e. The van der Waals surface area contributed by atoms with E-state index in [2.05, 4.69) is 10.6 Å². The SMILES string of the molecule is CC(C)CNC(=O)[C@@H](C)OC(=O)C1=C(Nc2ccccc2)OCC1=O. The summed E-state index contributed by atoms with van der Waals surface area (Å²) >= 11 is 0. The number of ether oxygens (including phenoxy) is 2. The number of carbonyl (C=O) groups excluding carboxylic acids is 3. The molecule has 1 aliphatic heterocycles. The Balaban J connectivity index is 2.05. The number of para-hydroxylation sites is 1. The van der Waals surface area contributed by atoms with Crippen LogP contribution in [0.4, 0.5) is 5.69 Å². The molecule has 0 saturated heterocycles. The van der Waals surface area contributed by atoms with E-state index < -0.39 is 23.8 Å². The summed E-state index contributed by atoms with van der Waals surface area (Å²) in [6.45, 7) is 5.61. The minimum atomic E-state index is -1.01. The Morgan fingerprint density at radius 2 is 1.88 bits per heavy atom. The van der Waals surface area contributed by atoms with Gasteiger partial charge in [-0.15, -0.1) is 0 Å². The molecule has 0 aliphatic carbocycles. The quantitative estimate of drug-likeness (QED) is 0.575. The fourth-order valence-corrected chi connectivity index (χ4v) is 2.09. The number of anilines is 1. The Morgan fingerprint density at radius 1 is 1.20 bits per heavy atom. The molecule has 1 aromatic carbocycles. The van der Waals surface area contributed by atoms with Gasteiger partial charge in [0.05, 0.1) is 0 Å². The molecule has 0 aromatic heterocycles. The highest BCUT2D eigenvalue weighted by atomic mass is 16.6. The molecular formula is C18H22N2O5. The third-order valence-electron chi connectivity index (χ3n) is 3.43. The van der Waals surface area contributed by atoms with Crippen LogP contribution in [0, 0.1) is 5.92 Å². The summed E-state index contributed by atoms with van der Waals surface area (Å²) < 4.78 is 10.4. The molecule has 0 unspecified atom stereocenters. The van der Waals surface area contributed by atoms with Gasteiger partial charge in [-0.05, 0) is 25.0 Å². The van der Waals surface area contributed by atoms with Crippen LogP contribution in [0.1, 0.15) is 20.8 Å². The second kappa shape index (κ2) is 8.32. The number of esters is 1. The largest absolute Gasteiger partial charge is 0.470 e. The Morgan fingerprint density at radius 3 is 2.52 bits per heavy atom. The zero-order valence-corrected chi connectivity index (χ0v) is 14.5. The van der Waals surface area contributed by atoms with Crippen LogP contribution in [0.5, 0.6) is 0 Å². The van der Waals surface area contributed by atoms with Crippen molar-refractivity contribution in [2.24, 2.45) is 5.92 Å². The lowest BCUT2D eigenvalue weighted by Gasteiger charge is -2.15. The third-order valence-corrected chi connectivity index (χ3v) is 3.43. The van der Waals surface area contributed by atoms with E-state index >= 15 is 0 Å². The first-order chi connectivity index (χ1) is 11.9. The highest BCUT2D eigenvalue weighted by molar-refractivity contribution is 6.20. The molecule has 2 rings (SSSR count). The Labute approximate surface area is 146 Å². The van der Waals surface area contributed by atoms with Gasteiger partial charge in [0.15, 0.2) is 18.3 Å². The number of ketones is 1. The molecule has 7 nitrogen and oxygen atoms in total. The first-order valence-corrected chi connectivity index (χ1v) is 8.09. The fraction of sp³-hybridized carbons (Fsp3) is 0.389. The minimum Gasteiger partial charge on any atom is -0.470 e. The zero-order valence-electron chi connectivity index (χ0n) is 14.5. The molecule has 0 spiro atoms. The molecule has 134 valence electrons. The standard InChI is InChI=1S/C18H22N2O5/c1-11(2)9-19-16(22)12(3)25-18(23)15-14(21)10-24-17(15)20-13-7-5-4-6-8-13/h4-8,11-12,20H,9-10H2,1-3H3,(H,19,22)/t12-/m1/s1. The smallest absolute Gasteiger partial charge is 0.348 e. The molecule has 1 aliphatic rings. The van der Waals surface area contributed by atoms with Crippen LogP contribution < -0.4 is 10.6 Å². The lowest BCUT2D eigenvalue weighted by Crippen LogP contribution is -2.38. The lowest BCUT2D eigenvalue weighted by molar-refractivity contribution is -0.151. The third kappa shape index (κ3) is 5.07. The number of hydrogen-bond acceptors (Lipinski definition) is 6. The van der Waals surface area contributed by atoms with E-state index in [1.807, 2.05) is 19.9 Å². The van der Waals surface area contributed by atoms with Crippen molar-refractivity contribution in [3.63, 3.8) is 0 Å². The van der Waals surface area contributed by atoms with Crippen LogP contribution in [0.3, 0.4) is 0 Å². The molecule has 1 heterocycles. The van der Waals surface area contributed by atoms with Crippen LogP contribution in [0.2, 0.25) is 0 Å². The normalized spacial score (nSPS) is 15.0. The van der Waals surface area contributed by atoms with Crippen LogP contribution in [0.25, 0.3) is 0 Å². The maximum absolute atomic E-state index is 12.3. The molecule has 2 N–H and O–H groups in total. The van der Waals surface area contributed by atoms with Gasteiger partial charge < -0.3 is 20.1 Å². The van der Waals surface area contributed by atoms with E-state index in [0.717, 1.165) is 0 Å². The number of nitrogens with one attached hydrogen (secondary N) is 2. The molecule has 7 heteroatoms. The number of hydrogen-bond donors (Lipinski definition) is 2. The summed E-state index contributed by atoms with van der Waals surface area (Å²) in [4.78, 5) is 36.2. The van der Waals surface area contributed by atoms with Crippen molar-refractivity contribution in [2.75, 3.05) is 18.5 Å². The summed E-state index contributed by atoms with van der Waals surface area (Å²) in [6.07, 6.45) is -1.01. The second-order valence-electron chi connectivity index (χ2n) is 6.09. The van der Waals surface area contributed by atoms with Gasteiger partial charge in [-0.25, -0.2) is 4.79 Å². The van der Waals surface area contributed by atoms with E-state index in [0.29, 0.717) is 12.2 Å². The van der Waals surface area contributed by atoms with Crippen molar-refractivity contribution in [1.29, 1.82) is 0 Å². The zero-order chi connectivity index (χ0) is 18.4. The molecule has 25 heavy (non-hydrogen) atoms. The molecule has 0 fully saturated rings. The first-order valence-electron chi connectivity index (χ1n) is 8.09. The minimum absolute atomic E-state index is 0.0380. The molecule has 1 atom stereocenters. The number of benzene rings is 1. The van der Waals surface area contributed by atoms with Gasteiger partial charge in [-0.2, -0.15) is 0 Å². The predicted molar refractivity (Wildman–Crippen MR) is 91.5 cm³/mol.